The van der Waals surface area contributed by atoms with Gasteiger partial charge in [0.05, 0.1) is 15.9 Å². The minimum Gasteiger partial charge on any atom is -0.450 e. The summed E-state index contributed by atoms with van der Waals surface area (Å²) in [5, 5.41) is 2.01. The van der Waals surface area contributed by atoms with Crippen molar-refractivity contribution >= 4 is 34.4 Å². The molecule has 1 aromatic rings. The highest BCUT2D eigenvalue weighted by Crippen LogP contribution is 2.34. The van der Waals surface area contributed by atoms with E-state index >= 15 is 0 Å². The Morgan fingerprint density at radius 3 is 2.58 bits per heavy atom. The molecule has 1 N–H and O–H groups in total. The molecular formula is C10H8F4INO3. The Morgan fingerprint density at radius 1 is 1.42 bits per heavy atom. The highest BCUT2D eigenvalue weighted by Gasteiger charge is 2.32. The van der Waals surface area contributed by atoms with E-state index in [9.17, 15) is 22.4 Å². The molecule has 0 fully saturated rings. The highest BCUT2D eigenvalue weighted by atomic mass is 127. The third-order valence-electron chi connectivity index (χ3n) is 1.78. The fourth-order valence-electron chi connectivity index (χ4n) is 1.12. The number of ether oxygens (including phenoxy) is 2. The zero-order valence-corrected chi connectivity index (χ0v) is 11.6. The van der Waals surface area contributed by atoms with E-state index in [1.165, 1.54) is 29.5 Å². The molecule has 0 saturated carbocycles. The van der Waals surface area contributed by atoms with Crippen LogP contribution in [0, 0.1) is 9.39 Å². The normalized spacial score (nSPS) is 11.1. The number of benzene rings is 1. The molecule has 0 radical (unpaired) electrons. The summed E-state index contributed by atoms with van der Waals surface area (Å²) in [7, 11) is 0. The van der Waals surface area contributed by atoms with Crippen molar-refractivity contribution in [3.05, 3.63) is 21.5 Å². The molecule has 106 valence electrons. The van der Waals surface area contributed by atoms with Gasteiger partial charge in [0, 0.05) is 0 Å². The molecule has 0 aliphatic heterocycles. The number of nitrogens with one attached hydrogen (secondary N) is 1. The summed E-state index contributed by atoms with van der Waals surface area (Å²) in [4.78, 5) is 11.1. The lowest BCUT2D eigenvalue weighted by Crippen LogP contribution is -2.19. The van der Waals surface area contributed by atoms with Crippen LogP contribution in [-0.2, 0) is 4.74 Å². The Kier molecular flexibility index (Phi) is 5.20. The molecule has 9 heteroatoms. The van der Waals surface area contributed by atoms with Crippen LogP contribution in [0.5, 0.6) is 5.75 Å². The Morgan fingerprint density at radius 2 is 2.05 bits per heavy atom. The topological polar surface area (TPSA) is 47.6 Å². The fraction of sp³-hybridized carbons (Fsp3) is 0.300. The summed E-state index contributed by atoms with van der Waals surface area (Å²) in [6.45, 7) is 1.58. The molecule has 0 spiro atoms. The van der Waals surface area contributed by atoms with Crippen molar-refractivity contribution in [1.29, 1.82) is 0 Å². The number of hydrogen-bond acceptors (Lipinski definition) is 3. The molecule has 19 heavy (non-hydrogen) atoms. The van der Waals surface area contributed by atoms with Gasteiger partial charge < -0.3 is 9.47 Å². The minimum absolute atomic E-state index is 0.0444. The van der Waals surface area contributed by atoms with E-state index in [1.807, 2.05) is 5.32 Å². The SMILES string of the molecule is CCOC(=O)Nc1c(F)ccc(OC(F)(F)F)c1I. The molecule has 0 atom stereocenters. The first-order chi connectivity index (χ1) is 8.74. The number of amides is 1. The van der Waals surface area contributed by atoms with Gasteiger partial charge in [-0.05, 0) is 41.6 Å². The molecule has 4 nitrogen and oxygen atoms in total. The van der Waals surface area contributed by atoms with Crippen molar-refractivity contribution in [1.82, 2.24) is 0 Å². The summed E-state index contributed by atoms with van der Waals surface area (Å²) in [5.74, 6) is -1.51. The van der Waals surface area contributed by atoms with Crippen LogP contribution < -0.4 is 10.1 Å². The van der Waals surface area contributed by atoms with Crippen LogP contribution >= 0.6 is 22.6 Å². The van der Waals surface area contributed by atoms with Gasteiger partial charge >= 0.3 is 12.5 Å². The average Bonchev–Trinajstić information content (AvgIpc) is 2.27. The van der Waals surface area contributed by atoms with Gasteiger partial charge in [0.15, 0.2) is 0 Å². The molecular weight excluding hydrogens is 385 g/mol. The van der Waals surface area contributed by atoms with Crippen LogP contribution in [0.4, 0.5) is 28.0 Å². The van der Waals surface area contributed by atoms with Gasteiger partial charge in [0.25, 0.3) is 0 Å². The third kappa shape index (κ3) is 4.73. The lowest BCUT2D eigenvalue weighted by molar-refractivity contribution is -0.274. The van der Waals surface area contributed by atoms with Crippen LogP contribution in [0.25, 0.3) is 0 Å². The molecule has 1 amide bonds. The van der Waals surface area contributed by atoms with Crippen LogP contribution in [0.1, 0.15) is 6.92 Å². The Bertz CT molecular complexity index is 479. The first-order valence-corrected chi connectivity index (χ1v) is 6.00. The van der Waals surface area contributed by atoms with Gasteiger partial charge in [-0.3, -0.25) is 5.32 Å². The van der Waals surface area contributed by atoms with Gasteiger partial charge in [0.1, 0.15) is 11.6 Å². The molecule has 0 heterocycles. The van der Waals surface area contributed by atoms with E-state index in [-0.39, 0.29) is 10.2 Å². The molecule has 0 aliphatic rings. The Balaban J connectivity index is 3.03. The zero-order chi connectivity index (χ0) is 14.6. The van der Waals surface area contributed by atoms with Gasteiger partial charge in [-0.2, -0.15) is 0 Å². The van der Waals surface area contributed by atoms with Crippen LogP contribution in [0.2, 0.25) is 0 Å². The Hall–Kier alpha value is -1.26. The lowest BCUT2D eigenvalue weighted by atomic mass is 10.3. The number of hydrogen-bond donors (Lipinski definition) is 1. The number of rotatable bonds is 3. The van der Waals surface area contributed by atoms with Gasteiger partial charge in [-0.15, -0.1) is 13.2 Å². The molecule has 0 aromatic heterocycles. The van der Waals surface area contributed by atoms with E-state index < -0.39 is 29.7 Å². The predicted molar refractivity (Wildman–Crippen MR) is 66.4 cm³/mol. The van der Waals surface area contributed by atoms with Crippen molar-refractivity contribution in [3.8, 4) is 5.75 Å². The minimum atomic E-state index is -4.90. The predicted octanol–water partition coefficient (Wildman–Crippen LogP) is 3.90. The average molecular weight is 393 g/mol. The van der Waals surface area contributed by atoms with Crippen molar-refractivity contribution < 1.29 is 31.8 Å². The molecule has 0 aliphatic carbocycles. The second kappa shape index (κ2) is 6.26. The van der Waals surface area contributed by atoms with Crippen molar-refractivity contribution in [2.75, 3.05) is 11.9 Å². The monoisotopic (exact) mass is 393 g/mol. The molecule has 1 aromatic carbocycles. The summed E-state index contributed by atoms with van der Waals surface area (Å²) in [6.07, 6.45) is -5.87. The molecule has 1 rings (SSSR count). The van der Waals surface area contributed by atoms with E-state index in [1.54, 1.807) is 0 Å². The van der Waals surface area contributed by atoms with E-state index in [2.05, 4.69) is 9.47 Å². The van der Waals surface area contributed by atoms with Crippen LogP contribution in [-0.4, -0.2) is 19.1 Å². The fourth-order valence-corrected chi connectivity index (χ4v) is 1.80. The molecule has 0 unspecified atom stereocenters. The zero-order valence-electron chi connectivity index (χ0n) is 9.48. The summed E-state index contributed by atoms with van der Waals surface area (Å²) in [6, 6.07) is 1.58. The number of carbonyl (C=O) groups is 1. The molecule has 0 bridgehead atoms. The van der Waals surface area contributed by atoms with Crippen molar-refractivity contribution in [2.45, 2.75) is 13.3 Å². The summed E-state index contributed by atoms with van der Waals surface area (Å²) in [5.41, 5.74) is -0.430. The highest BCUT2D eigenvalue weighted by molar-refractivity contribution is 14.1. The number of anilines is 1. The third-order valence-corrected chi connectivity index (χ3v) is 2.85. The summed E-state index contributed by atoms with van der Waals surface area (Å²) >= 11 is 1.43. The van der Waals surface area contributed by atoms with Crippen molar-refractivity contribution in [3.63, 3.8) is 0 Å². The van der Waals surface area contributed by atoms with E-state index in [4.69, 9.17) is 0 Å². The lowest BCUT2D eigenvalue weighted by Gasteiger charge is -2.14. The van der Waals surface area contributed by atoms with Crippen molar-refractivity contribution in [2.24, 2.45) is 0 Å². The maximum absolute atomic E-state index is 13.5. The number of carbonyl (C=O) groups excluding carboxylic acids is 1. The van der Waals surface area contributed by atoms with Gasteiger partial charge in [-0.1, -0.05) is 0 Å². The van der Waals surface area contributed by atoms with Gasteiger partial charge in [0.2, 0.25) is 0 Å². The van der Waals surface area contributed by atoms with Gasteiger partial charge in [-0.25, -0.2) is 9.18 Å². The second-order valence-corrected chi connectivity index (χ2v) is 4.21. The van der Waals surface area contributed by atoms with Crippen LogP contribution in [0.3, 0.4) is 0 Å². The standard InChI is InChI=1S/C10H8F4INO3/c1-2-18-9(17)16-8-5(11)3-4-6(7(8)15)19-10(12,13)14/h3-4H,2H2,1H3,(H,16,17). The smallest absolute Gasteiger partial charge is 0.450 e. The second-order valence-electron chi connectivity index (χ2n) is 3.13. The van der Waals surface area contributed by atoms with E-state index in [0.717, 1.165) is 12.1 Å². The first-order valence-electron chi connectivity index (χ1n) is 4.92. The van der Waals surface area contributed by atoms with Crippen LogP contribution in [0.15, 0.2) is 12.1 Å². The summed E-state index contributed by atoms with van der Waals surface area (Å²) < 4.78 is 57.8. The van der Waals surface area contributed by atoms with E-state index in [0.29, 0.717) is 0 Å². The number of halogens is 5. The largest absolute Gasteiger partial charge is 0.573 e. The molecule has 0 saturated heterocycles. The first kappa shape index (κ1) is 15.8. The maximum atomic E-state index is 13.5. The maximum Gasteiger partial charge on any atom is 0.573 e. The number of alkyl halides is 3. The quantitative estimate of drug-likeness (QED) is 0.626. The Labute approximate surface area is 119 Å².